The van der Waals surface area contributed by atoms with Crippen molar-refractivity contribution in [1.82, 2.24) is 20.0 Å². The molecule has 134 valence electrons. The van der Waals surface area contributed by atoms with Crippen LogP contribution < -0.4 is 5.73 Å². The van der Waals surface area contributed by atoms with Crippen LogP contribution in [0.1, 0.15) is 54.6 Å². The van der Waals surface area contributed by atoms with E-state index in [9.17, 15) is 4.79 Å². The van der Waals surface area contributed by atoms with Gasteiger partial charge in [-0.3, -0.25) is 4.79 Å². The highest BCUT2D eigenvalue weighted by atomic mass is 16.5. The van der Waals surface area contributed by atoms with Gasteiger partial charge in [-0.2, -0.15) is 0 Å². The molecular weight excluding hydrogens is 318 g/mol. The van der Waals surface area contributed by atoms with Gasteiger partial charge in [-0.15, -0.1) is 0 Å². The van der Waals surface area contributed by atoms with Crippen LogP contribution in [0.4, 0.5) is 0 Å². The van der Waals surface area contributed by atoms with Crippen molar-refractivity contribution in [2.24, 2.45) is 5.73 Å². The van der Waals surface area contributed by atoms with Crippen LogP contribution in [0, 0.1) is 20.8 Å². The number of hydrogen-bond acceptors (Lipinski definition) is 6. The third kappa shape index (κ3) is 3.56. The van der Waals surface area contributed by atoms with Crippen LogP contribution in [0.15, 0.2) is 10.6 Å². The Morgan fingerprint density at radius 3 is 2.80 bits per heavy atom. The standard InChI is InChI=1S/C18H25N5O2/c1-11-10-14(15-6-4-5-9-23(15)16(24)7-8-19)21-18(20-11)17-12(2)22-25-13(17)3/h10,15H,4-9,19H2,1-3H3. The van der Waals surface area contributed by atoms with Gasteiger partial charge in [-0.1, -0.05) is 5.16 Å². The van der Waals surface area contributed by atoms with Crippen molar-refractivity contribution in [3.8, 4) is 11.4 Å². The molecule has 1 aliphatic rings. The summed E-state index contributed by atoms with van der Waals surface area (Å²) in [6.45, 7) is 6.82. The Labute approximate surface area is 147 Å². The number of aromatic nitrogens is 3. The molecule has 3 heterocycles. The van der Waals surface area contributed by atoms with Crippen molar-refractivity contribution >= 4 is 5.91 Å². The molecule has 0 aliphatic carbocycles. The molecule has 2 aromatic heterocycles. The number of piperidine rings is 1. The van der Waals surface area contributed by atoms with Gasteiger partial charge >= 0.3 is 0 Å². The molecule has 25 heavy (non-hydrogen) atoms. The van der Waals surface area contributed by atoms with E-state index in [0.29, 0.717) is 24.6 Å². The number of hydrogen-bond donors (Lipinski definition) is 1. The van der Waals surface area contributed by atoms with Crippen LogP contribution in [0.25, 0.3) is 11.4 Å². The number of carbonyl (C=O) groups is 1. The number of nitrogens with two attached hydrogens (primary N) is 1. The maximum atomic E-state index is 12.5. The zero-order chi connectivity index (χ0) is 18.0. The maximum absolute atomic E-state index is 12.5. The molecule has 3 rings (SSSR count). The summed E-state index contributed by atoms with van der Waals surface area (Å²) >= 11 is 0. The van der Waals surface area contributed by atoms with E-state index in [4.69, 9.17) is 15.2 Å². The lowest BCUT2D eigenvalue weighted by atomic mass is 9.98. The fourth-order valence-electron chi connectivity index (χ4n) is 3.48. The molecule has 2 aromatic rings. The SMILES string of the molecule is Cc1cc(C2CCCCN2C(=O)CCN)nc(-c2c(C)noc2C)n1. The summed E-state index contributed by atoms with van der Waals surface area (Å²) in [5.74, 6) is 1.42. The molecule has 2 N–H and O–H groups in total. The molecule has 0 saturated carbocycles. The van der Waals surface area contributed by atoms with Crippen LogP contribution in [0.5, 0.6) is 0 Å². The summed E-state index contributed by atoms with van der Waals surface area (Å²) in [4.78, 5) is 23.7. The normalized spacial score (nSPS) is 17.8. The third-order valence-electron chi connectivity index (χ3n) is 4.65. The van der Waals surface area contributed by atoms with E-state index in [2.05, 4.69) is 10.1 Å². The van der Waals surface area contributed by atoms with Crippen molar-refractivity contribution in [2.75, 3.05) is 13.1 Å². The van der Waals surface area contributed by atoms with Gasteiger partial charge in [0.05, 0.1) is 23.0 Å². The largest absolute Gasteiger partial charge is 0.361 e. The van der Waals surface area contributed by atoms with E-state index in [-0.39, 0.29) is 11.9 Å². The average Bonchev–Trinajstić information content (AvgIpc) is 2.93. The summed E-state index contributed by atoms with van der Waals surface area (Å²) in [7, 11) is 0. The molecule has 1 fully saturated rings. The molecule has 1 atom stereocenters. The molecule has 0 aromatic carbocycles. The van der Waals surface area contributed by atoms with Crippen molar-refractivity contribution < 1.29 is 9.32 Å². The fraction of sp³-hybridized carbons (Fsp3) is 0.556. The first kappa shape index (κ1) is 17.5. The molecule has 1 aliphatic heterocycles. The predicted octanol–water partition coefficient (Wildman–Crippen LogP) is 2.46. The number of carbonyl (C=O) groups excluding carboxylic acids is 1. The Balaban J connectivity index is 2.00. The summed E-state index contributed by atoms with van der Waals surface area (Å²) in [6, 6.07) is 1.95. The number of likely N-dealkylation sites (tertiary alicyclic amines) is 1. The minimum atomic E-state index is -0.0197. The summed E-state index contributed by atoms with van der Waals surface area (Å²) in [6.07, 6.45) is 3.39. The van der Waals surface area contributed by atoms with E-state index in [1.807, 2.05) is 31.7 Å². The highest BCUT2D eigenvalue weighted by Gasteiger charge is 2.29. The number of amides is 1. The highest BCUT2D eigenvalue weighted by molar-refractivity contribution is 5.77. The van der Waals surface area contributed by atoms with Gasteiger partial charge < -0.3 is 15.2 Å². The van der Waals surface area contributed by atoms with E-state index in [1.54, 1.807) is 0 Å². The van der Waals surface area contributed by atoms with Crippen LogP contribution in [0.2, 0.25) is 0 Å². The lowest BCUT2D eigenvalue weighted by Gasteiger charge is -2.35. The van der Waals surface area contributed by atoms with Crippen molar-refractivity contribution in [3.63, 3.8) is 0 Å². The van der Waals surface area contributed by atoms with Gasteiger partial charge in [0.1, 0.15) is 5.76 Å². The average molecular weight is 343 g/mol. The molecule has 1 saturated heterocycles. The van der Waals surface area contributed by atoms with E-state index >= 15 is 0 Å². The van der Waals surface area contributed by atoms with E-state index in [0.717, 1.165) is 48.5 Å². The van der Waals surface area contributed by atoms with Gasteiger partial charge in [0, 0.05) is 25.2 Å². The monoisotopic (exact) mass is 343 g/mol. The van der Waals surface area contributed by atoms with Gasteiger partial charge in [0.25, 0.3) is 0 Å². The second kappa shape index (κ2) is 7.31. The Morgan fingerprint density at radius 2 is 2.12 bits per heavy atom. The summed E-state index contributed by atoms with van der Waals surface area (Å²) in [5, 5.41) is 4.00. The molecule has 1 amide bonds. The first-order chi connectivity index (χ1) is 12.0. The molecule has 0 bridgehead atoms. The first-order valence-corrected chi connectivity index (χ1v) is 8.79. The van der Waals surface area contributed by atoms with Crippen molar-refractivity contribution in [3.05, 3.63) is 28.9 Å². The van der Waals surface area contributed by atoms with E-state index in [1.165, 1.54) is 0 Å². The molecule has 0 spiro atoms. The van der Waals surface area contributed by atoms with Crippen molar-refractivity contribution in [2.45, 2.75) is 52.5 Å². The van der Waals surface area contributed by atoms with Gasteiger partial charge in [-0.05, 0) is 46.1 Å². The second-order valence-electron chi connectivity index (χ2n) is 6.59. The Bertz CT molecular complexity index is 751. The second-order valence-corrected chi connectivity index (χ2v) is 6.59. The highest BCUT2D eigenvalue weighted by Crippen LogP contribution is 2.32. The summed E-state index contributed by atoms with van der Waals surface area (Å²) < 4.78 is 5.26. The van der Waals surface area contributed by atoms with Gasteiger partial charge in [0.15, 0.2) is 5.82 Å². The van der Waals surface area contributed by atoms with Gasteiger partial charge in [0.2, 0.25) is 5.91 Å². The maximum Gasteiger partial charge on any atom is 0.224 e. The number of nitrogens with zero attached hydrogens (tertiary/aromatic N) is 4. The van der Waals surface area contributed by atoms with Crippen LogP contribution in [0.3, 0.4) is 0 Å². The zero-order valence-electron chi connectivity index (χ0n) is 15.1. The number of rotatable bonds is 4. The fourth-order valence-corrected chi connectivity index (χ4v) is 3.48. The Kier molecular flexibility index (Phi) is 5.13. The zero-order valence-corrected chi connectivity index (χ0v) is 15.1. The summed E-state index contributed by atoms with van der Waals surface area (Å²) in [5.41, 5.74) is 8.94. The quantitative estimate of drug-likeness (QED) is 0.915. The lowest BCUT2D eigenvalue weighted by molar-refractivity contribution is -0.134. The van der Waals surface area contributed by atoms with Crippen LogP contribution in [-0.2, 0) is 4.79 Å². The van der Waals surface area contributed by atoms with Crippen LogP contribution in [-0.4, -0.2) is 39.0 Å². The first-order valence-electron chi connectivity index (χ1n) is 8.79. The number of aryl methyl sites for hydroxylation is 3. The Morgan fingerprint density at radius 1 is 1.32 bits per heavy atom. The molecule has 1 unspecified atom stereocenters. The molecular formula is C18H25N5O2. The van der Waals surface area contributed by atoms with Gasteiger partial charge in [-0.25, -0.2) is 9.97 Å². The van der Waals surface area contributed by atoms with Crippen LogP contribution >= 0.6 is 0 Å². The van der Waals surface area contributed by atoms with E-state index < -0.39 is 0 Å². The third-order valence-corrected chi connectivity index (χ3v) is 4.65. The molecule has 0 radical (unpaired) electrons. The molecule has 7 nitrogen and oxygen atoms in total. The van der Waals surface area contributed by atoms with Crippen molar-refractivity contribution in [1.29, 1.82) is 0 Å². The minimum Gasteiger partial charge on any atom is -0.361 e. The predicted molar refractivity (Wildman–Crippen MR) is 93.7 cm³/mol. The lowest BCUT2D eigenvalue weighted by Crippen LogP contribution is -2.39. The minimum absolute atomic E-state index is 0.0197. The smallest absolute Gasteiger partial charge is 0.224 e. The molecule has 7 heteroatoms. The Hall–Kier alpha value is -2.28. The topological polar surface area (TPSA) is 98.1 Å².